The molecule has 0 aliphatic heterocycles. The van der Waals surface area contributed by atoms with Crippen LogP contribution >= 0.6 is 0 Å². The lowest BCUT2D eigenvalue weighted by molar-refractivity contribution is 0.735. The summed E-state index contributed by atoms with van der Waals surface area (Å²) in [4.78, 5) is 0. The van der Waals surface area contributed by atoms with Gasteiger partial charge in [-0.05, 0) is 43.5 Å². The van der Waals surface area contributed by atoms with Crippen LogP contribution in [0.25, 0.3) is 27.5 Å². The number of benzene rings is 2. The topological polar surface area (TPSA) is 4.93 Å². The van der Waals surface area contributed by atoms with E-state index >= 15 is 0 Å². The van der Waals surface area contributed by atoms with Crippen molar-refractivity contribution in [2.24, 2.45) is 5.92 Å². The summed E-state index contributed by atoms with van der Waals surface area (Å²) in [6, 6.07) is 15.4. The van der Waals surface area contributed by atoms with Gasteiger partial charge in [-0.2, -0.15) is 0 Å². The molecule has 0 amide bonds. The Bertz CT molecular complexity index is 893. The van der Waals surface area contributed by atoms with Crippen LogP contribution in [-0.4, -0.2) is 4.57 Å². The van der Waals surface area contributed by atoms with Gasteiger partial charge >= 0.3 is 0 Å². The lowest BCUT2D eigenvalue weighted by Gasteiger charge is -2.15. The number of para-hydroxylation sites is 1. The highest BCUT2D eigenvalue weighted by molar-refractivity contribution is 6.10. The van der Waals surface area contributed by atoms with Gasteiger partial charge in [-0.15, -0.1) is 0 Å². The number of allylic oxidation sites excluding steroid dienone is 4. The average molecular weight is 273 g/mol. The van der Waals surface area contributed by atoms with Crippen LogP contribution in [0.3, 0.4) is 0 Å². The summed E-state index contributed by atoms with van der Waals surface area (Å²) in [5, 5.41) is 2.68. The van der Waals surface area contributed by atoms with E-state index in [1.165, 1.54) is 33.1 Å². The summed E-state index contributed by atoms with van der Waals surface area (Å²) < 4.78 is 2.40. The van der Waals surface area contributed by atoms with Crippen LogP contribution in [0.1, 0.15) is 18.9 Å². The second kappa shape index (κ2) is 4.63. The van der Waals surface area contributed by atoms with E-state index < -0.39 is 0 Å². The molecule has 4 rings (SSSR count). The van der Waals surface area contributed by atoms with Crippen molar-refractivity contribution in [3.05, 3.63) is 66.3 Å². The molecule has 3 aromatic rings. The van der Waals surface area contributed by atoms with Gasteiger partial charge in [0.2, 0.25) is 0 Å². The molecule has 21 heavy (non-hydrogen) atoms. The molecular formula is C20H19N. The van der Waals surface area contributed by atoms with Gasteiger partial charge in [-0.25, -0.2) is 0 Å². The zero-order chi connectivity index (χ0) is 14.4. The fourth-order valence-electron chi connectivity index (χ4n) is 3.33. The minimum atomic E-state index is 0.603. The Hall–Kier alpha value is -2.28. The number of hydrogen-bond donors (Lipinski definition) is 0. The highest BCUT2D eigenvalue weighted by Gasteiger charge is 2.14. The van der Waals surface area contributed by atoms with Crippen molar-refractivity contribution >= 4 is 27.5 Å². The predicted molar refractivity (Wildman–Crippen MR) is 91.4 cm³/mol. The van der Waals surface area contributed by atoms with Gasteiger partial charge in [0.15, 0.2) is 0 Å². The Labute approximate surface area is 125 Å². The Morgan fingerprint density at radius 1 is 1.00 bits per heavy atom. The molecule has 0 spiro atoms. The van der Waals surface area contributed by atoms with E-state index in [0.717, 1.165) is 6.42 Å². The minimum absolute atomic E-state index is 0.603. The SMILES string of the molecule is Cc1ccc2c(c1)c1ccccc1n2C1=CC(C)CC=C1. The van der Waals surface area contributed by atoms with E-state index in [1.54, 1.807) is 0 Å². The molecule has 0 bridgehead atoms. The van der Waals surface area contributed by atoms with Crippen molar-refractivity contribution < 1.29 is 0 Å². The van der Waals surface area contributed by atoms with E-state index in [-0.39, 0.29) is 0 Å². The number of aromatic nitrogens is 1. The minimum Gasteiger partial charge on any atom is -0.310 e. The second-order valence-corrected chi connectivity index (χ2v) is 6.08. The van der Waals surface area contributed by atoms with Crippen molar-refractivity contribution in [1.29, 1.82) is 0 Å². The van der Waals surface area contributed by atoms with Crippen molar-refractivity contribution in [3.8, 4) is 0 Å². The summed E-state index contributed by atoms with van der Waals surface area (Å²) in [5.74, 6) is 0.603. The third-order valence-electron chi connectivity index (χ3n) is 4.34. The van der Waals surface area contributed by atoms with Crippen molar-refractivity contribution in [2.75, 3.05) is 0 Å². The van der Waals surface area contributed by atoms with Crippen LogP contribution in [0.4, 0.5) is 0 Å². The third kappa shape index (κ3) is 1.92. The normalized spacial score (nSPS) is 18.4. The lowest BCUT2D eigenvalue weighted by Crippen LogP contribution is -2.01. The highest BCUT2D eigenvalue weighted by atomic mass is 15.0. The van der Waals surface area contributed by atoms with E-state index in [4.69, 9.17) is 0 Å². The fraction of sp³-hybridized carbons (Fsp3) is 0.200. The van der Waals surface area contributed by atoms with Crippen LogP contribution < -0.4 is 0 Å². The Kier molecular flexibility index (Phi) is 2.75. The standard InChI is InChI=1S/C20H19N/c1-14-6-5-7-16(12-14)21-19-9-4-3-8-17(19)18-13-15(2)10-11-20(18)21/h3-5,7-14H,6H2,1-2H3. The molecule has 1 heterocycles. The molecule has 1 atom stereocenters. The first kappa shape index (κ1) is 12.5. The summed E-state index contributed by atoms with van der Waals surface area (Å²) in [5.41, 5.74) is 5.20. The molecule has 0 radical (unpaired) electrons. The van der Waals surface area contributed by atoms with Gasteiger partial charge in [-0.3, -0.25) is 0 Å². The van der Waals surface area contributed by atoms with Crippen molar-refractivity contribution in [3.63, 3.8) is 0 Å². The van der Waals surface area contributed by atoms with Gasteiger partial charge < -0.3 is 4.57 Å². The molecule has 0 fully saturated rings. The molecule has 1 aromatic heterocycles. The summed E-state index contributed by atoms with van der Waals surface area (Å²) in [7, 11) is 0. The smallest absolute Gasteiger partial charge is 0.0541 e. The average Bonchev–Trinajstić information content (AvgIpc) is 2.81. The Morgan fingerprint density at radius 3 is 2.67 bits per heavy atom. The molecule has 2 aromatic carbocycles. The second-order valence-electron chi connectivity index (χ2n) is 6.08. The molecule has 0 N–H and O–H groups in total. The fourth-order valence-corrected chi connectivity index (χ4v) is 3.33. The number of hydrogen-bond acceptors (Lipinski definition) is 0. The number of fused-ring (bicyclic) bond motifs is 3. The zero-order valence-corrected chi connectivity index (χ0v) is 12.5. The monoisotopic (exact) mass is 273 g/mol. The predicted octanol–water partition coefficient (Wildman–Crippen LogP) is 5.54. The number of aryl methyl sites for hydroxylation is 1. The molecule has 1 nitrogen and oxygen atoms in total. The molecule has 1 aliphatic carbocycles. The van der Waals surface area contributed by atoms with E-state index in [0.29, 0.717) is 5.92 Å². The molecule has 0 saturated carbocycles. The molecular weight excluding hydrogens is 254 g/mol. The number of rotatable bonds is 1. The van der Waals surface area contributed by atoms with E-state index in [1.807, 2.05) is 0 Å². The van der Waals surface area contributed by atoms with Gasteiger partial charge in [0.1, 0.15) is 0 Å². The molecule has 1 unspecified atom stereocenters. The molecule has 104 valence electrons. The summed E-state index contributed by atoms with van der Waals surface area (Å²) in [6.45, 7) is 4.44. The van der Waals surface area contributed by atoms with E-state index in [2.05, 4.69) is 79.1 Å². The summed E-state index contributed by atoms with van der Waals surface area (Å²) >= 11 is 0. The summed E-state index contributed by atoms with van der Waals surface area (Å²) in [6.07, 6.45) is 8.06. The van der Waals surface area contributed by atoms with Crippen LogP contribution in [0.5, 0.6) is 0 Å². The zero-order valence-electron chi connectivity index (χ0n) is 12.5. The lowest BCUT2D eigenvalue weighted by atomic mass is 10.0. The molecule has 1 aliphatic rings. The van der Waals surface area contributed by atoms with Crippen LogP contribution in [0.15, 0.2) is 60.7 Å². The van der Waals surface area contributed by atoms with Crippen LogP contribution in [0, 0.1) is 12.8 Å². The highest BCUT2D eigenvalue weighted by Crippen LogP contribution is 2.34. The Morgan fingerprint density at radius 2 is 1.81 bits per heavy atom. The first-order chi connectivity index (χ1) is 10.2. The number of nitrogens with zero attached hydrogens (tertiary/aromatic N) is 1. The van der Waals surface area contributed by atoms with Crippen molar-refractivity contribution in [1.82, 2.24) is 4.57 Å². The van der Waals surface area contributed by atoms with Crippen LogP contribution in [-0.2, 0) is 0 Å². The van der Waals surface area contributed by atoms with Gasteiger partial charge in [-0.1, -0.05) is 48.9 Å². The third-order valence-corrected chi connectivity index (χ3v) is 4.34. The Balaban J connectivity index is 2.13. The van der Waals surface area contributed by atoms with Crippen molar-refractivity contribution in [2.45, 2.75) is 20.3 Å². The molecule has 0 saturated heterocycles. The molecule has 1 heteroatoms. The first-order valence-electron chi connectivity index (χ1n) is 7.62. The first-order valence-corrected chi connectivity index (χ1v) is 7.62. The van der Waals surface area contributed by atoms with Gasteiger partial charge in [0.05, 0.1) is 11.0 Å². The maximum atomic E-state index is 2.40. The van der Waals surface area contributed by atoms with Gasteiger partial charge in [0, 0.05) is 16.5 Å². The van der Waals surface area contributed by atoms with E-state index in [9.17, 15) is 0 Å². The maximum Gasteiger partial charge on any atom is 0.0541 e. The maximum absolute atomic E-state index is 2.40. The quantitative estimate of drug-likeness (QED) is 0.548. The van der Waals surface area contributed by atoms with Gasteiger partial charge in [0.25, 0.3) is 0 Å². The largest absolute Gasteiger partial charge is 0.310 e. The van der Waals surface area contributed by atoms with Crippen LogP contribution in [0.2, 0.25) is 0 Å².